The van der Waals surface area contributed by atoms with Crippen molar-refractivity contribution in [1.29, 1.82) is 0 Å². The number of amides is 1. The Balaban J connectivity index is 2.22. The number of nitrogens with zero attached hydrogens (tertiary/aromatic N) is 2. The second-order valence-corrected chi connectivity index (χ2v) is 5.08. The molecule has 0 radical (unpaired) electrons. The lowest BCUT2D eigenvalue weighted by atomic mass is 10.1. The minimum absolute atomic E-state index is 0.111. The highest BCUT2D eigenvalue weighted by Gasteiger charge is 2.17. The number of hydrogen-bond acceptors (Lipinski definition) is 2. The van der Waals surface area contributed by atoms with E-state index in [4.69, 9.17) is 0 Å². The molecule has 0 bridgehead atoms. The molecule has 0 unspecified atom stereocenters. The monoisotopic (exact) mass is 257 g/mol. The number of aryl methyl sites for hydroxylation is 2. The number of anilines is 1. The molecular formula is C15H19N3O. The van der Waals surface area contributed by atoms with Crippen molar-refractivity contribution in [2.75, 3.05) is 5.32 Å². The fraction of sp³-hybridized carbons (Fsp3) is 0.333. The van der Waals surface area contributed by atoms with Crippen LogP contribution in [0.2, 0.25) is 0 Å². The molecule has 1 heterocycles. The van der Waals surface area contributed by atoms with Crippen molar-refractivity contribution in [1.82, 2.24) is 9.78 Å². The van der Waals surface area contributed by atoms with E-state index in [1.165, 1.54) is 5.56 Å². The van der Waals surface area contributed by atoms with Crippen LogP contribution in [0.25, 0.3) is 0 Å². The largest absolute Gasteiger partial charge is 0.322 e. The van der Waals surface area contributed by atoms with Gasteiger partial charge in [-0.05, 0) is 25.0 Å². The van der Waals surface area contributed by atoms with Gasteiger partial charge >= 0.3 is 0 Å². The van der Waals surface area contributed by atoms with Crippen molar-refractivity contribution in [2.45, 2.75) is 26.7 Å². The van der Waals surface area contributed by atoms with Gasteiger partial charge in [0.25, 0.3) is 5.91 Å². The number of aromatic nitrogens is 2. The maximum absolute atomic E-state index is 12.3. The molecule has 2 aromatic rings. The number of benzene rings is 1. The molecule has 0 saturated carbocycles. The van der Waals surface area contributed by atoms with Crippen molar-refractivity contribution >= 4 is 11.6 Å². The summed E-state index contributed by atoms with van der Waals surface area (Å²) in [6, 6.07) is 7.75. The summed E-state index contributed by atoms with van der Waals surface area (Å²) in [4.78, 5) is 12.3. The van der Waals surface area contributed by atoms with Gasteiger partial charge in [-0.1, -0.05) is 31.5 Å². The fourth-order valence-electron chi connectivity index (χ4n) is 1.94. The van der Waals surface area contributed by atoms with Crippen LogP contribution in [-0.2, 0) is 7.05 Å². The maximum Gasteiger partial charge on any atom is 0.259 e. The molecule has 0 spiro atoms. The van der Waals surface area contributed by atoms with Gasteiger partial charge < -0.3 is 5.32 Å². The number of carbonyl (C=O) groups is 1. The third kappa shape index (κ3) is 3.02. The zero-order chi connectivity index (χ0) is 14.0. The van der Waals surface area contributed by atoms with Gasteiger partial charge in [0.1, 0.15) is 0 Å². The van der Waals surface area contributed by atoms with Crippen LogP contribution in [0.4, 0.5) is 5.69 Å². The van der Waals surface area contributed by atoms with Crippen LogP contribution in [0, 0.1) is 6.92 Å². The molecule has 0 aliphatic carbocycles. The highest BCUT2D eigenvalue weighted by Crippen LogP contribution is 2.19. The van der Waals surface area contributed by atoms with Crippen LogP contribution in [0.5, 0.6) is 0 Å². The van der Waals surface area contributed by atoms with Crippen molar-refractivity contribution < 1.29 is 4.79 Å². The molecule has 19 heavy (non-hydrogen) atoms. The minimum Gasteiger partial charge on any atom is -0.322 e. The second-order valence-electron chi connectivity index (χ2n) is 5.08. The van der Waals surface area contributed by atoms with Crippen LogP contribution >= 0.6 is 0 Å². The summed E-state index contributed by atoms with van der Waals surface area (Å²) in [6.07, 6.45) is 1.76. The van der Waals surface area contributed by atoms with Gasteiger partial charge in [0.05, 0.1) is 11.3 Å². The van der Waals surface area contributed by atoms with Gasteiger partial charge in [0.15, 0.2) is 0 Å². The quantitative estimate of drug-likeness (QED) is 0.918. The van der Waals surface area contributed by atoms with Gasteiger partial charge in [-0.3, -0.25) is 9.48 Å². The molecule has 2 rings (SSSR count). The highest BCUT2D eigenvalue weighted by atomic mass is 16.1. The van der Waals surface area contributed by atoms with E-state index in [1.54, 1.807) is 10.9 Å². The van der Waals surface area contributed by atoms with E-state index in [1.807, 2.05) is 52.1 Å². The molecular weight excluding hydrogens is 238 g/mol. The number of rotatable bonds is 3. The number of carbonyl (C=O) groups excluding carboxylic acids is 1. The smallest absolute Gasteiger partial charge is 0.259 e. The summed E-state index contributed by atoms with van der Waals surface area (Å²) >= 11 is 0. The summed E-state index contributed by atoms with van der Waals surface area (Å²) in [5.74, 6) is 0.112. The first-order valence-electron chi connectivity index (χ1n) is 6.39. The van der Waals surface area contributed by atoms with Crippen LogP contribution in [0.3, 0.4) is 0 Å². The molecule has 1 aromatic carbocycles. The summed E-state index contributed by atoms with van der Waals surface area (Å²) in [5, 5.41) is 7.24. The molecule has 4 nitrogen and oxygen atoms in total. The molecule has 0 aliphatic rings. The Morgan fingerprint density at radius 1 is 1.26 bits per heavy atom. The topological polar surface area (TPSA) is 46.9 Å². The van der Waals surface area contributed by atoms with Crippen molar-refractivity contribution in [3.05, 3.63) is 47.3 Å². The minimum atomic E-state index is -0.111. The Morgan fingerprint density at radius 2 is 1.89 bits per heavy atom. The number of hydrogen-bond donors (Lipinski definition) is 1. The Hall–Kier alpha value is -2.10. The maximum atomic E-state index is 12.3. The van der Waals surface area contributed by atoms with Gasteiger partial charge in [0.2, 0.25) is 0 Å². The fourth-order valence-corrected chi connectivity index (χ4v) is 1.94. The molecule has 0 atom stereocenters. The van der Waals surface area contributed by atoms with Gasteiger partial charge in [-0.15, -0.1) is 0 Å². The van der Waals surface area contributed by atoms with E-state index < -0.39 is 0 Å². The van der Waals surface area contributed by atoms with E-state index in [9.17, 15) is 4.79 Å². The SMILES string of the molecule is Cc1ccc(NC(=O)c2cn(C)nc2C(C)C)cc1. The van der Waals surface area contributed by atoms with E-state index in [2.05, 4.69) is 10.4 Å². The van der Waals surface area contributed by atoms with Crippen LogP contribution in [-0.4, -0.2) is 15.7 Å². The molecule has 0 fully saturated rings. The highest BCUT2D eigenvalue weighted by molar-refractivity contribution is 6.05. The van der Waals surface area contributed by atoms with Crippen LogP contribution in [0.15, 0.2) is 30.5 Å². The molecule has 1 amide bonds. The van der Waals surface area contributed by atoms with Crippen LogP contribution < -0.4 is 5.32 Å². The van der Waals surface area contributed by atoms with E-state index in [-0.39, 0.29) is 11.8 Å². The molecule has 1 N–H and O–H groups in total. The van der Waals surface area contributed by atoms with Crippen LogP contribution in [0.1, 0.15) is 41.4 Å². The average molecular weight is 257 g/mol. The predicted molar refractivity (Wildman–Crippen MR) is 76.4 cm³/mol. The third-order valence-electron chi connectivity index (χ3n) is 2.96. The first-order chi connectivity index (χ1) is 8.97. The Labute approximate surface area is 113 Å². The Bertz CT molecular complexity index is 582. The first kappa shape index (κ1) is 13.3. The Kier molecular flexibility index (Phi) is 3.69. The summed E-state index contributed by atoms with van der Waals surface area (Å²) in [5.41, 5.74) is 3.43. The summed E-state index contributed by atoms with van der Waals surface area (Å²) < 4.78 is 1.68. The Morgan fingerprint density at radius 3 is 2.47 bits per heavy atom. The molecule has 4 heteroatoms. The predicted octanol–water partition coefficient (Wildman–Crippen LogP) is 3.10. The molecule has 1 aromatic heterocycles. The second kappa shape index (κ2) is 5.26. The zero-order valence-corrected chi connectivity index (χ0v) is 11.8. The van der Waals surface area contributed by atoms with E-state index >= 15 is 0 Å². The van der Waals surface area contributed by atoms with E-state index in [0.29, 0.717) is 5.56 Å². The third-order valence-corrected chi connectivity index (χ3v) is 2.96. The van der Waals surface area contributed by atoms with Gasteiger partial charge in [0, 0.05) is 18.9 Å². The van der Waals surface area contributed by atoms with Gasteiger partial charge in [-0.2, -0.15) is 5.10 Å². The molecule has 0 saturated heterocycles. The molecule has 100 valence electrons. The van der Waals surface area contributed by atoms with Crippen molar-refractivity contribution in [3.63, 3.8) is 0 Å². The van der Waals surface area contributed by atoms with E-state index in [0.717, 1.165) is 11.4 Å². The summed E-state index contributed by atoms with van der Waals surface area (Å²) in [7, 11) is 1.83. The first-order valence-corrected chi connectivity index (χ1v) is 6.39. The lowest BCUT2D eigenvalue weighted by molar-refractivity contribution is 0.102. The average Bonchev–Trinajstić information content (AvgIpc) is 2.74. The lowest BCUT2D eigenvalue weighted by Crippen LogP contribution is -2.13. The van der Waals surface area contributed by atoms with Crippen molar-refractivity contribution in [3.8, 4) is 0 Å². The summed E-state index contributed by atoms with van der Waals surface area (Å²) in [6.45, 7) is 6.08. The van der Waals surface area contributed by atoms with Crippen molar-refractivity contribution in [2.24, 2.45) is 7.05 Å². The van der Waals surface area contributed by atoms with Gasteiger partial charge in [-0.25, -0.2) is 0 Å². The molecule has 0 aliphatic heterocycles. The lowest BCUT2D eigenvalue weighted by Gasteiger charge is -2.07. The normalized spacial score (nSPS) is 10.8. The zero-order valence-electron chi connectivity index (χ0n) is 11.8. The standard InChI is InChI=1S/C15H19N3O/c1-10(2)14-13(9-18(4)17-14)15(19)16-12-7-5-11(3)6-8-12/h5-10H,1-4H3,(H,16,19). The number of nitrogens with one attached hydrogen (secondary N) is 1.